The first-order valence-electron chi connectivity index (χ1n) is 4.67. The molecule has 0 amide bonds. The molecule has 0 radical (unpaired) electrons. The minimum atomic E-state index is -1.25. The average molecular weight is 234 g/mol. The largest absolute Gasteiger partial charge is 0.478 e. The monoisotopic (exact) mass is 234 g/mol. The minimum absolute atomic E-state index is 0.0190. The van der Waals surface area contributed by atoms with Crippen LogP contribution in [0.25, 0.3) is 5.69 Å². The van der Waals surface area contributed by atoms with E-state index in [1.165, 1.54) is 18.2 Å². The van der Waals surface area contributed by atoms with Crippen LogP contribution in [0.2, 0.25) is 0 Å². The number of nitrogens with zero attached hydrogens (tertiary/aromatic N) is 2. The minimum Gasteiger partial charge on any atom is -0.478 e. The van der Waals surface area contributed by atoms with E-state index in [1.807, 2.05) is 0 Å². The summed E-state index contributed by atoms with van der Waals surface area (Å²) in [7, 11) is 0. The van der Waals surface area contributed by atoms with Gasteiger partial charge in [0.15, 0.2) is 0 Å². The first-order chi connectivity index (χ1) is 8.09. The van der Waals surface area contributed by atoms with Gasteiger partial charge in [-0.3, -0.25) is 4.79 Å². The van der Waals surface area contributed by atoms with Gasteiger partial charge in [0.2, 0.25) is 0 Å². The lowest BCUT2D eigenvalue weighted by atomic mass is 10.3. The summed E-state index contributed by atoms with van der Waals surface area (Å²) in [5, 5.41) is 12.3. The summed E-state index contributed by atoms with van der Waals surface area (Å²) >= 11 is 0. The van der Waals surface area contributed by atoms with Crippen LogP contribution in [0.15, 0.2) is 41.3 Å². The number of halogens is 1. The Morgan fingerprint density at radius 2 is 2.06 bits per heavy atom. The van der Waals surface area contributed by atoms with Crippen LogP contribution >= 0.6 is 0 Å². The lowest BCUT2D eigenvalue weighted by molar-refractivity contribution is 0.0696. The molecule has 0 spiro atoms. The molecule has 2 rings (SSSR count). The molecule has 17 heavy (non-hydrogen) atoms. The Morgan fingerprint density at radius 1 is 1.35 bits per heavy atom. The molecule has 1 heterocycles. The first kappa shape index (κ1) is 11.0. The Bertz CT molecular complexity index is 637. The number of para-hydroxylation sites is 1. The molecule has 0 saturated carbocycles. The number of benzene rings is 1. The number of aromatic nitrogens is 2. The zero-order chi connectivity index (χ0) is 12.4. The van der Waals surface area contributed by atoms with Gasteiger partial charge in [0, 0.05) is 6.07 Å². The van der Waals surface area contributed by atoms with Crippen molar-refractivity contribution in [3.05, 3.63) is 58.3 Å². The molecular weight excluding hydrogens is 227 g/mol. The molecule has 1 N–H and O–H groups in total. The van der Waals surface area contributed by atoms with Gasteiger partial charge in [-0.2, -0.15) is 9.78 Å². The van der Waals surface area contributed by atoms with Crippen LogP contribution in [0.3, 0.4) is 0 Å². The summed E-state index contributed by atoms with van der Waals surface area (Å²) in [6.45, 7) is 0. The number of hydrogen-bond acceptors (Lipinski definition) is 3. The predicted molar refractivity (Wildman–Crippen MR) is 56.8 cm³/mol. The second-order valence-electron chi connectivity index (χ2n) is 3.25. The van der Waals surface area contributed by atoms with Crippen molar-refractivity contribution in [3.63, 3.8) is 0 Å². The standard InChI is InChI=1S/C11H7FN2O3/c12-8-3-1-2-4-9(8)14-10(15)5-7(6-13-14)11(16)17/h1-6H,(H,16,17). The van der Waals surface area contributed by atoms with Crippen molar-refractivity contribution in [3.8, 4) is 5.69 Å². The molecule has 0 saturated heterocycles. The quantitative estimate of drug-likeness (QED) is 0.843. The van der Waals surface area contributed by atoms with Crippen LogP contribution in [0.5, 0.6) is 0 Å². The van der Waals surface area contributed by atoms with Crippen molar-refractivity contribution >= 4 is 5.97 Å². The Kier molecular flexibility index (Phi) is 2.70. The molecule has 0 bridgehead atoms. The van der Waals surface area contributed by atoms with Gasteiger partial charge in [0.05, 0.1) is 11.8 Å². The summed E-state index contributed by atoms with van der Waals surface area (Å²) in [6.07, 6.45) is 0.996. The van der Waals surface area contributed by atoms with Crippen molar-refractivity contribution in [1.82, 2.24) is 9.78 Å². The van der Waals surface area contributed by atoms with E-state index in [4.69, 9.17) is 5.11 Å². The molecule has 86 valence electrons. The van der Waals surface area contributed by atoms with Crippen molar-refractivity contribution < 1.29 is 14.3 Å². The molecule has 0 aliphatic rings. The molecule has 1 aromatic carbocycles. The van der Waals surface area contributed by atoms with Crippen LogP contribution in [-0.4, -0.2) is 20.9 Å². The molecule has 2 aromatic rings. The highest BCUT2D eigenvalue weighted by Crippen LogP contribution is 2.08. The predicted octanol–water partition coefficient (Wildman–Crippen LogP) is 1.07. The zero-order valence-corrected chi connectivity index (χ0v) is 8.50. The normalized spacial score (nSPS) is 10.2. The lowest BCUT2D eigenvalue weighted by Crippen LogP contribution is -2.22. The van der Waals surface area contributed by atoms with Crippen molar-refractivity contribution in [2.75, 3.05) is 0 Å². The van der Waals surface area contributed by atoms with Crippen LogP contribution in [0.1, 0.15) is 10.4 Å². The van der Waals surface area contributed by atoms with Gasteiger partial charge < -0.3 is 5.11 Å². The molecule has 0 aliphatic carbocycles. The summed E-state index contributed by atoms with van der Waals surface area (Å²) < 4.78 is 14.2. The molecule has 6 heteroatoms. The molecule has 0 fully saturated rings. The molecule has 0 aliphatic heterocycles. The molecule has 1 aromatic heterocycles. The number of rotatable bonds is 2. The Balaban J connectivity index is 2.59. The summed E-state index contributed by atoms with van der Waals surface area (Å²) in [4.78, 5) is 22.2. The van der Waals surface area contributed by atoms with Gasteiger partial charge in [0.1, 0.15) is 11.5 Å². The van der Waals surface area contributed by atoms with Crippen LogP contribution in [0, 0.1) is 5.82 Å². The van der Waals surface area contributed by atoms with Gasteiger partial charge in [-0.25, -0.2) is 9.18 Å². The van der Waals surface area contributed by atoms with Crippen LogP contribution in [0.4, 0.5) is 4.39 Å². The Morgan fingerprint density at radius 3 is 2.65 bits per heavy atom. The van der Waals surface area contributed by atoms with Crippen molar-refractivity contribution in [2.45, 2.75) is 0 Å². The van der Waals surface area contributed by atoms with Crippen molar-refractivity contribution in [1.29, 1.82) is 0 Å². The third kappa shape index (κ3) is 2.05. The fraction of sp³-hybridized carbons (Fsp3) is 0. The number of hydrogen-bond donors (Lipinski definition) is 1. The summed E-state index contributed by atoms with van der Waals surface area (Å²) in [5.74, 6) is -1.86. The topological polar surface area (TPSA) is 72.2 Å². The summed E-state index contributed by atoms with van der Waals surface area (Å²) in [5.41, 5.74) is -0.952. The number of aromatic carboxylic acids is 1. The van der Waals surface area contributed by atoms with E-state index in [0.29, 0.717) is 0 Å². The van der Waals surface area contributed by atoms with Gasteiger partial charge in [-0.15, -0.1) is 0 Å². The van der Waals surface area contributed by atoms with Gasteiger partial charge in [0.25, 0.3) is 5.56 Å². The van der Waals surface area contributed by atoms with Gasteiger partial charge in [-0.1, -0.05) is 12.1 Å². The maximum Gasteiger partial charge on any atom is 0.337 e. The van der Waals surface area contributed by atoms with E-state index in [0.717, 1.165) is 16.9 Å². The third-order valence-corrected chi connectivity index (χ3v) is 2.13. The molecular formula is C11H7FN2O3. The second-order valence-corrected chi connectivity index (χ2v) is 3.25. The van der Waals surface area contributed by atoms with E-state index in [9.17, 15) is 14.0 Å². The number of carboxylic acids is 1. The smallest absolute Gasteiger partial charge is 0.337 e. The van der Waals surface area contributed by atoms with E-state index in [-0.39, 0.29) is 11.3 Å². The SMILES string of the molecule is O=C(O)c1cnn(-c2ccccc2F)c(=O)c1. The fourth-order valence-electron chi connectivity index (χ4n) is 1.33. The molecule has 0 unspecified atom stereocenters. The maximum absolute atomic E-state index is 13.4. The zero-order valence-electron chi connectivity index (χ0n) is 8.50. The van der Waals surface area contributed by atoms with Gasteiger partial charge >= 0.3 is 5.97 Å². The lowest BCUT2D eigenvalue weighted by Gasteiger charge is -2.04. The third-order valence-electron chi connectivity index (χ3n) is 2.13. The Hall–Kier alpha value is -2.50. The molecule has 0 atom stereocenters. The van der Waals surface area contributed by atoms with E-state index >= 15 is 0 Å². The number of carboxylic acid groups (broad SMARTS) is 1. The number of carbonyl (C=O) groups is 1. The van der Waals surface area contributed by atoms with Gasteiger partial charge in [-0.05, 0) is 12.1 Å². The summed E-state index contributed by atoms with van der Waals surface area (Å²) in [6, 6.07) is 6.49. The second kappa shape index (κ2) is 4.17. The van der Waals surface area contributed by atoms with E-state index in [1.54, 1.807) is 6.07 Å². The highest BCUT2D eigenvalue weighted by Gasteiger charge is 2.09. The highest BCUT2D eigenvalue weighted by molar-refractivity contribution is 5.86. The van der Waals surface area contributed by atoms with E-state index < -0.39 is 17.3 Å². The highest BCUT2D eigenvalue weighted by atomic mass is 19.1. The van der Waals surface area contributed by atoms with Crippen molar-refractivity contribution in [2.24, 2.45) is 0 Å². The Labute approximate surface area is 94.8 Å². The van der Waals surface area contributed by atoms with E-state index in [2.05, 4.69) is 5.10 Å². The van der Waals surface area contributed by atoms with Crippen LogP contribution < -0.4 is 5.56 Å². The van der Waals surface area contributed by atoms with Crippen LogP contribution in [-0.2, 0) is 0 Å². The molecule has 5 nitrogen and oxygen atoms in total. The fourth-order valence-corrected chi connectivity index (χ4v) is 1.33. The first-order valence-corrected chi connectivity index (χ1v) is 4.67. The maximum atomic E-state index is 13.4. The average Bonchev–Trinajstić information content (AvgIpc) is 2.30.